The van der Waals surface area contributed by atoms with Gasteiger partial charge in [0.1, 0.15) is 11.6 Å². The molecule has 0 aliphatic carbocycles. The number of amidine groups is 3. The SMILES string of the molecule is COc1ccccc1-n1c(C)cc(/C=C2/C(=N)N3C(=NC2=O)SN=C3S(=O)(=O)CC(C)C)c1C. The maximum atomic E-state index is 12.9. The van der Waals surface area contributed by atoms with Gasteiger partial charge in [-0.3, -0.25) is 10.2 Å². The van der Waals surface area contributed by atoms with Gasteiger partial charge in [0, 0.05) is 11.4 Å². The monoisotopic (exact) mass is 499 g/mol. The second-order valence-corrected chi connectivity index (χ2v) is 11.1. The van der Waals surface area contributed by atoms with Crippen molar-refractivity contribution in [3.63, 3.8) is 0 Å². The zero-order chi connectivity index (χ0) is 24.8. The largest absolute Gasteiger partial charge is 0.495 e. The van der Waals surface area contributed by atoms with E-state index < -0.39 is 15.7 Å². The molecular formula is C23H25N5O4S2. The van der Waals surface area contributed by atoms with Crippen molar-refractivity contribution in [3.8, 4) is 11.4 Å². The summed E-state index contributed by atoms with van der Waals surface area (Å²) in [5, 5.41) is 8.50. The molecule has 0 unspecified atom stereocenters. The predicted octanol–water partition coefficient (Wildman–Crippen LogP) is 3.75. The van der Waals surface area contributed by atoms with E-state index in [1.165, 1.54) is 0 Å². The Balaban J connectivity index is 1.76. The summed E-state index contributed by atoms with van der Waals surface area (Å²) in [5.41, 5.74) is 3.30. The van der Waals surface area contributed by atoms with Crippen LogP contribution in [0.25, 0.3) is 11.8 Å². The molecule has 0 spiro atoms. The highest BCUT2D eigenvalue weighted by Gasteiger charge is 2.42. The van der Waals surface area contributed by atoms with Gasteiger partial charge in [-0.2, -0.15) is 9.39 Å². The number of para-hydroxylation sites is 2. The topological polar surface area (TPSA) is 117 Å². The minimum atomic E-state index is -3.75. The van der Waals surface area contributed by atoms with Gasteiger partial charge < -0.3 is 9.30 Å². The average Bonchev–Trinajstić information content (AvgIpc) is 3.31. The summed E-state index contributed by atoms with van der Waals surface area (Å²) in [7, 11) is -2.15. The summed E-state index contributed by atoms with van der Waals surface area (Å²) in [6.07, 6.45) is 1.58. The molecule has 0 bridgehead atoms. The second kappa shape index (κ2) is 8.88. The Morgan fingerprint density at radius 2 is 1.94 bits per heavy atom. The quantitative estimate of drug-likeness (QED) is 0.495. The maximum Gasteiger partial charge on any atom is 0.283 e. The second-order valence-electron chi connectivity index (χ2n) is 8.42. The van der Waals surface area contributed by atoms with E-state index in [1.54, 1.807) is 27.0 Å². The first kappa shape index (κ1) is 24.0. The number of nitrogens with one attached hydrogen (secondary N) is 1. The van der Waals surface area contributed by atoms with Gasteiger partial charge in [-0.15, -0.1) is 0 Å². The Hall–Kier alpha value is -3.18. The minimum absolute atomic E-state index is 0.000950. The number of hydrogen-bond acceptors (Lipinski definition) is 7. The molecule has 2 aliphatic rings. The van der Waals surface area contributed by atoms with Crippen molar-refractivity contribution >= 4 is 49.9 Å². The molecule has 1 N–H and O–H groups in total. The van der Waals surface area contributed by atoms with E-state index in [1.807, 2.05) is 48.7 Å². The number of benzene rings is 1. The van der Waals surface area contributed by atoms with Crippen molar-refractivity contribution in [2.45, 2.75) is 27.7 Å². The number of aliphatic imine (C=N–C) groups is 1. The number of nitrogens with zero attached hydrogens (tertiary/aromatic N) is 4. The molecule has 1 amide bonds. The Morgan fingerprint density at radius 3 is 2.62 bits per heavy atom. The fourth-order valence-corrected chi connectivity index (χ4v) is 6.72. The molecule has 3 heterocycles. The van der Waals surface area contributed by atoms with E-state index in [0.29, 0.717) is 11.3 Å². The van der Waals surface area contributed by atoms with Gasteiger partial charge >= 0.3 is 0 Å². The van der Waals surface area contributed by atoms with Crippen LogP contribution in [0.4, 0.5) is 0 Å². The van der Waals surface area contributed by atoms with Crippen LogP contribution in [0.3, 0.4) is 0 Å². The van der Waals surface area contributed by atoms with Crippen LogP contribution in [0.5, 0.6) is 5.75 Å². The van der Waals surface area contributed by atoms with Crippen LogP contribution in [0.15, 0.2) is 45.3 Å². The Morgan fingerprint density at radius 1 is 1.24 bits per heavy atom. The van der Waals surface area contributed by atoms with E-state index in [2.05, 4.69) is 9.39 Å². The van der Waals surface area contributed by atoms with E-state index in [9.17, 15) is 13.2 Å². The van der Waals surface area contributed by atoms with Crippen molar-refractivity contribution in [2.75, 3.05) is 12.9 Å². The highest BCUT2D eigenvalue weighted by Crippen LogP contribution is 2.32. The molecule has 11 heteroatoms. The number of carbonyl (C=O) groups is 1. The number of hydrogen-bond donors (Lipinski definition) is 1. The fourth-order valence-electron chi connectivity index (χ4n) is 3.99. The highest BCUT2D eigenvalue weighted by atomic mass is 32.2. The Kier molecular flexibility index (Phi) is 6.26. The molecule has 4 rings (SSSR count). The van der Waals surface area contributed by atoms with Crippen molar-refractivity contribution in [3.05, 3.63) is 52.9 Å². The van der Waals surface area contributed by atoms with Crippen molar-refractivity contribution < 1.29 is 17.9 Å². The summed E-state index contributed by atoms with van der Waals surface area (Å²) in [6.45, 7) is 7.43. The molecule has 34 heavy (non-hydrogen) atoms. The molecule has 0 fully saturated rings. The third-order valence-electron chi connectivity index (χ3n) is 5.42. The molecule has 1 aromatic carbocycles. The van der Waals surface area contributed by atoms with Crippen molar-refractivity contribution in [2.24, 2.45) is 15.3 Å². The third-order valence-corrected chi connectivity index (χ3v) is 8.17. The standard InChI is InChI=1S/C23H25N5O4S2/c1-13(2)12-34(30,31)23-26-33-22-25-21(29)17(20(24)28(22)23)11-16-10-14(3)27(15(16)4)18-8-6-7-9-19(18)32-5/h6-11,13,24H,12H2,1-5H3/b17-11-,24-20?. The van der Waals surface area contributed by atoms with Crippen LogP contribution in [-0.4, -0.2) is 52.8 Å². The number of carbonyl (C=O) groups excluding carboxylic acids is 1. The molecule has 9 nitrogen and oxygen atoms in total. The molecule has 0 saturated carbocycles. The minimum Gasteiger partial charge on any atom is -0.495 e. The van der Waals surface area contributed by atoms with Crippen LogP contribution in [-0.2, 0) is 14.6 Å². The zero-order valence-corrected chi connectivity index (χ0v) is 21.1. The van der Waals surface area contributed by atoms with Crippen LogP contribution < -0.4 is 4.74 Å². The first-order chi connectivity index (χ1) is 16.0. The number of aryl methyl sites for hydroxylation is 1. The number of methoxy groups -OCH3 is 1. The first-order valence-corrected chi connectivity index (χ1v) is 13.0. The van der Waals surface area contributed by atoms with Crippen LogP contribution >= 0.6 is 11.9 Å². The molecule has 0 radical (unpaired) electrons. The highest BCUT2D eigenvalue weighted by molar-refractivity contribution is 8.16. The number of amides is 1. The lowest BCUT2D eigenvalue weighted by Crippen LogP contribution is -2.46. The van der Waals surface area contributed by atoms with Gasteiger partial charge in [-0.05, 0) is 49.6 Å². The number of ether oxygens (including phenoxy) is 1. The Bertz CT molecular complexity index is 1400. The molecule has 0 saturated heterocycles. The van der Waals surface area contributed by atoms with Gasteiger partial charge in [-0.1, -0.05) is 26.0 Å². The summed E-state index contributed by atoms with van der Waals surface area (Å²) < 4.78 is 37.2. The lowest BCUT2D eigenvalue weighted by Gasteiger charge is -2.24. The van der Waals surface area contributed by atoms with Crippen molar-refractivity contribution in [1.82, 2.24) is 9.47 Å². The average molecular weight is 500 g/mol. The molecule has 1 aromatic heterocycles. The van der Waals surface area contributed by atoms with Gasteiger partial charge in [-0.25, -0.2) is 13.3 Å². The first-order valence-electron chi connectivity index (χ1n) is 10.6. The fraction of sp³-hybridized carbons (Fsp3) is 0.304. The Labute approximate surface area is 202 Å². The predicted molar refractivity (Wildman–Crippen MR) is 135 cm³/mol. The summed E-state index contributed by atoms with van der Waals surface area (Å²) in [4.78, 5) is 18.0. The van der Waals surface area contributed by atoms with E-state index >= 15 is 0 Å². The lowest BCUT2D eigenvalue weighted by molar-refractivity contribution is -0.114. The smallest absolute Gasteiger partial charge is 0.283 e. The van der Waals surface area contributed by atoms with Gasteiger partial charge in [0.25, 0.3) is 5.91 Å². The van der Waals surface area contributed by atoms with Gasteiger partial charge in [0.05, 0.1) is 36.1 Å². The normalized spacial score (nSPS) is 17.4. The number of sulfone groups is 1. The van der Waals surface area contributed by atoms with E-state index in [4.69, 9.17) is 10.1 Å². The van der Waals surface area contributed by atoms with Crippen LogP contribution in [0, 0.1) is 25.2 Å². The molecular weight excluding hydrogens is 474 g/mol. The number of rotatable bonds is 5. The maximum absolute atomic E-state index is 12.9. The summed E-state index contributed by atoms with van der Waals surface area (Å²) in [5.74, 6) is -0.396. The van der Waals surface area contributed by atoms with Gasteiger partial charge in [0.2, 0.25) is 20.2 Å². The zero-order valence-electron chi connectivity index (χ0n) is 19.5. The van der Waals surface area contributed by atoms with Crippen molar-refractivity contribution in [1.29, 1.82) is 5.41 Å². The van der Waals surface area contributed by atoms with E-state index in [0.717, 1.165) is 33.9 Å². The molecule has 2 aliphatic heterocycles. The van der Waals surface area contributed by atoms with Gasteiger partial charge in [0.15, 0.2) is 0 Å². The summed E-state index contributed by atoms with van der Waals surface area (Å²) >= 11 is 0.793. The molecule has 2 aromatic rings. The summed E-state index contributed by atoms with van der Waals surface area (Å²) in [6, 6.07) is 9.50. The third kappa shape index (κ3) is 4.09. The van der Waals surface area contributed by atoms with E-state index in [-0.39, 0.29) is 33.4 Å². The molecule has 0 atom stereocenters. The number of fused-ring (bicyclic) bond motifs is 1. The number of aromatic nitrogens is 1. The molecule has 178 valence electrons. The van der Waals surface area contributed by atoms with Crippen LogP contribution in [0.2, 0.25) is 0 Å². The lowest BCUT2D eigenvalue weighted by atomic mass is 10.1. The van der Waals surface area contributed by atoms with Crippen LogP contribution in [0.1, 0.15) is 30.8 Å².